The Morgan fingerprint density at radius 1 is 1.26 bits per heavy atom. The van der Waals surface area contributed by atoms with Crippen LogP contribution in [0.3, 0.4) is 0 Å². The van der Waals surface area contributed by atoms with Crippen LogP contribution in [0, 0.1) is 5.92 Å². The van der Waals surface area contributed by atoms with Crippen molar-refractivity contribution in [3.05, 3.63) is 42.7 Å². The van der Waals surface area contributed by atoms with Crippen molar-refractivity contribution in [2.75, 3.05) is 17.3 Å². The van der Waals surface area contributed by atoms with Gasteiger partial charge in [-0.3, -0.25) is 4.79 Å². The molecule has 0 saturated carbocycles. The minimum Gasteiger partial charge on any atom is -0.312 e. The van der Waals surface area contributed by atoms with E-state index < -0.39 is 0 Å². The zero-order chi connectivity index (χ0) is 13.2. The summed E-state index contributed by atoms with van der Waals surface area (Å²) in [6.45, 7) is 0.712. The SMILES string of the molecule is O=C1CC(CCl)CN1c1ccc(-n2cccn2)cc1. The van der Waals surface area contributed by atoms with E-state index in [4.69, 9.17) is 11.6 Å². The molecule has 1 unspecified atom stereocenters. The summed E-state index contributed by atoms with van der Waals surface area (Å²) in [5.74, 6) is 0.950. The molecule has 0 radical (unpaired) electrons. The number of hydrogen-bond donors (Lipinski definition) is 0. The normalized spacial score (nSPS) is 19.1. The number of nitrogens with zero attached hydrogens (tertiary/aromatic N) is 3. The smallest absolute Gasteiger partial charge is 0.227 e. The predicted molar refractivity (Wildman–Crippen MR) is 74.7 cm³/mol. The molecular weight excluding hydrogens is 262 g/mol. The first-order valence-corrected chi connectivity index (χ1v) is 6.78. The first-order chi connectivity index (χ1) is 9.28. The standard InChI is InChI=1S/C14H14ClN3O/c15-9-11-8-14(19)17(10-11)12-2-4-13(5-3-12)18-7-1-6-16-18/h1-7,11H,8-10H2. The molecule has 2 aromatic rings. The van der Waals surface area contributed by atoms with Gasteiger partial charge < -0.3 is 4.90 Å². The van der Waals surface area contributed by atoms with E-state index in [0.717, 1.165) is 11.4 Å². The number of rotatable bonds is 3. The highest BCUT2D eigenvalue weighted by molar-refractivity contribution is 6.18. The van der Waals surface area contributed by atoms with Crippen LogP contribution < -0.4 is 4.90 Å². The lowest BCUT2D eigenvalue weighted by molar-refractivity contribution is -0.117. The third-order valence-corrected chi connectivity index (χ3v) is 3.79. The molecule has 98 valence electrons. The highest BCUT2D eigenvalue weighted by Gasteiger charge is 2.29. The molecule has 1 aliphatic heterocycles. The van der Waals surface area contributed by atoms with E-state index in [1.807, 2.05) is 36.5 Å². The molecule has 1 aromatic heterocycles. The van der Waals surface area contributed by atoms with E-state index in [9.17, 15) is 4.79 Å². The van der Waals surface area contributed by atoms with Crippen LogP contribution in [0.5, 0.6) is 0 Å². The summed E-state index contributed by atoms with van der Waals surface area (Å²) in [6.07, 6.45) is 4.17. The van der Waals surface area contributed by atoms with E-state index >= 15 is 0 Å². The van der Waals surface area contributed by atoms with Crippen LogP contribution in [-0.2, 0) is 4.79 Å². The first-order valence-electron chi connectivity index (χ1n) is 6.24. The van der Waals surface area contributed by atoms with E-state index in [-0.39, 0.29) is 11.8 Å². The maximum atomic E-state index is 11.9. The maximum absolute atomic E-state index is 11.9. The number of anilines is 1. The number of carbonyl (C=O) groups is 1. The minimum absolute atomic E-state index is 0.150. The Morgan fingerprint density at radius 3 is 2.58 bits per heavy atom. The Labute approximate surface area is 116 Å². The molecule has 1 saturated heterocycles. The summed E-state index contributed by atoms with van der Waals surface area (Å²) in [6, 6.07) is 9.70. The largest absolute Gasteiger partial charge is 0.312 e. The molecule has 1 atom stereocenters. The van der Waals surface area contributed by atoms with Gasteiger partial charge >= 0.3 is 0 Å². The molecule has 2 heterocycles. The van der Waals surface area contributed by atoms with Crippen molar-refractivity contribution in [2.24, 2.45) is 5.92 Å². The highest BCUT2D eigenvalue weighted by atomic mass is 35.5. The van der Waals surface area contributed by atoms with Gasteiger partial charge in [0.15, 0.2) is 0 Å². The van der Waals surface area contributed by atoms with Gasteiger partial charge in [0.2, 0.25) is 5.91 Å². The van der Waals surface area contributed by atoms with Crippen molar-refractivity contribution in [2.45, 2.75) is 6.42 Å². The van der Waals surface area contributed by atoms with Crippen LogP contribution >= 0.6 is 11.6 Å². The zero-order valence-electron chi connectivity index (χ0n) is 10.4. The van der Waals surface area contributed by atoms with Gasteiger partial charge in [-0.25, -0.2) is 4.68 Å². The van der Waals surface area contributed by atoms with Crippen LogP contribution in [-0.4, -0.2) is 28.1 Å². The van der Waals surface area contributed by atoms with Gasteiger partial charge in [0.1, 0.15) is 0 Å². The van der Waals surface area contributed by atoms with Gasteiger partial charge in [0.25, 0.3) is 0 Å². The number of halogens is 1. The quantitative estimate of drug-likeness (QED) is 0.807. The lowest BCUT2D eigenvalue weighted by atomic mass is 10.1. The summed E-state index contributed by atoms with van der Waals surface area (Å²) >= 11 is 5.83. The van der Waals surface area contributed by atoms with Crippen molar-refractivity contribution in [3.8, 4) is 5.69 Å². The monoisotopic (exact) mass is 275 g/mol. The van der Waals surface area contributed by atoms with Crippen molar-refractivity contribution < 1.29 is 4.79 Å². The van der Waals surface area contributed by atoms with Crippen molar-refractivity contribution in [1.82, 2.24) is 9.78 Å². The zero-order valence-corrected chi connectivity index (χ0v) is 11.1. The predicted octanol–water partition coefficient (Wildman–Crippen LogP) is 2.46. The summed E-state index contributed by atoms with van der Waals surface area (Å²) in [5.41, 5.74) is 1.91. The van der Waals surface area contributed by atoms with Crippen molar-refractivity contribution in [3.63, 3.8) is 0 Å². The summed E-state index contributed by atoms with van der Waals surface area (Å²) in [4.78, 5) is 13.7. The van der Waals surface area contributed by atoms with Gasteiger partial charge in [-0.05, 0) is 36.2 Å². The number of amides is 1. The molecule has 3 rings (SSSR count). The van der Waals surface area contributed by atoms with Crippen molar-refractivity contribution >= 4 is 23.2 Å². The number of benzene rings is 1. The number of hydrogen-bond acceptors (Lipinski definition) is 2. The van der Waals surface area contributed by atoms with Crippen LogP contribution in [0.15, 0.2) is 42.7 Å². The van der Waals surface area contributed by atoms with Gasteiger partial charge in [0, 0.05) is 36.9 Å². The van der Waals surface area contributed by atoms with Gasteiger partial charge in [-0.1, -0.05) is 0 Å². The Bertz CT molecular complexity index is 565. The highest BCUT2D eigenvalue weighted by Crippen LogP contribution is 2.26. The Hall–Kier alpha value is -1.81. The lowest BCUT2D eigenvalue weighted by Crippen LogP contribution is -2.24. The molecular formula is C14H14ClN3O. The number of aromatic nitrogens is 2. The Morgan fingerprint density at radius 2 is 2.00 bits per heavy atom. The summed E-state index contributed by atoms with van der Waals surface area (Å²) < 4.78 is 1.79. The second-order valence-corrected chi connectivity index (χ2v) is 5.00. The fraction of sp³-hybridized carbons (Fsp3) is 0.286. The fourth-order valence-electron chi connectivity index (χ4n) is 2.34. The number of carbonyl (C=O) groups excluding carboxylic acids is 1. The lowest BCUT2D eigenvalue weighted by Gasteiger charge is -2.16. The molecule has 1 aliphatic rings. The molecule has 4 nitrogen and oxygen atoms in total. The maximum Gasteiger partial charge on any atom is 0.227 e. The second kappa shape index (κ2) is 5.05. The summed E-state index contributed by atoms with van der Waals surface area (Å²) in [5, 5.41) is 4.17. The third kappa shape index (κ3) is 2.36. The first kappa shape index (κ1) is 12.2. The average molecular weight is 276 g/mol. The summed E-state index contributed by atoms with van der Waals surface area (Å²) in [7, 11) is 0. The topological polar surface area (TPSA) is 38.1 Å². The van der Waals surface area contributed by atoms with Crippen LogP contribution in [0.2, 0.25) is 0 Å². The van der Waals surface area contributed by atoms with E-state index in [1.165, 1.54) is 0 Å². The number of alkyl halides is 1. The molecule has 0 spiro atoms. The molecule has 5 heteroatoms. The molecule has 1 amide bonds. The molecule has 0 aliphatic carbocycles. The Kier molecular flexibility index (Phi) is 3.25. The van der Waals surface area contributed by atoms with Crippen LogP contribution in [0.1, 0.15) is 6.42 Å². The third-order valence-electron chi connectivity index (χ3n) is 3.35. The van der Waals surface area contributed by atoms with Crippen molar-refractivity contribution in [1.29, 1.82) is 0 Å². The molecule has 1 fully saturated rings. The molecule has 0 bridgehead atoms. The van der Waals surface area contributed by atoms with Gasteiger partial charge in [0.05, 0.1) is 5.69 Å². The van der Waals surface area contributed by atoms with Crippen LogP contribution in [0.25, 0.3) is 5.69 Å². The second-order valence-electron chi connectivity index (χ2n) is 4.70. The fourth-order valence-corrected chi connectivity index (χ4v) is 2.55. The van der Waals surface area contributed by atoms with Gasteiger partial charge in [-0.2, -0.15) is 5.10 Å². The van der Waals surface area contributed by atoms with E-state index in [2.05, 4.69) is 5.10 Å². The van der Waals surface area contributed by atoms with Gasteiger partial charge in [-0.15, -0.1) is 11.6 Å². The average Bonchev–Trinajstić information content (AvgIpc) is 3.08. The van der Waals surface area contributed by atoms with E-state index in [1.54, 1.807) is 15.8 Å². The Balaban J connectivity index is 1.81. The minimum atomic E-state index is 0.150. The van der Waals surface area contributed by atoms with Crippen LogP contribution in [0.4, 0.5) is 5.69 Å². The molecule has 19 heavy (non-hydrogen) atoms. The molecule has 1 aromatic carbocycles. The van der Waals surface area contributed by atoms with E-state index in [0.29, 0.717) is 18.8 Å². The molecule has 0 N–H and O–H groups in total.